The van der Waals surface area contributed by atoms with Crippen molar-refractivity contribution in [1.29, 1.82) is 0 Å². The molecule has 0 N–H and O–H groups in total. The summed E-state index contributed by atoms with van der Waals surface area (Å²) in [7, 11) is 1.76. The molecule has 0 saturated carbocycles. The van der Waals surface area contributed by atoms with Crippen molar-refractivity contribution >= 4 is 16.7 Å². The van der Waals surface area contributed by atoms with E-state index in [0.717, 1.165) is 11.6 Å². The molecule has 1 heterocycles. The van der Waals surface area contributed by atoms with Gasteiger partial charge in [0, 0.05) is 24.7 Å². The third kappa shape index (κ3) is 2.34. The van der Waals surface area contributed by atoms with E-state index in [9.17, 15) is 14.5 Å². The van der Waals surface area contributed by atoms with E-state index in [2.05, 4.69) is 10.3 Å². The first kappa shape index (κ1) is 13.9. The molecule has 22 heavy (non-hydrogen) atoms. The van der Waals surface area contributed by atoms with Crippen LogP contribution in [0.3, 0.4) is 0 Å². The number of ether oxygens (including phenoxy) is 1. The molecule has 0 fully saturated rings. The zero-order valence-corrected chi connectivity index (χ0v) is 11.8. The van der Waals surface area contributed by atoms with Crippen LogP contribution in [0.2, 0.25) is 0 Å². The highest BCUT2D eigenvalue weighted by molar-refractivity contribution is 5.76. The highest BCUT2D eigenvalue weighted by Gasteiger charge is 2.16. The molecule has 1 aromatic heterocycles. The summed E-state index contributed by atoms with van der Waals surface area (Å²) in [6.07, 6.45) is 0. The summed E-state index contributed by atoms with van der Waals surface area (Å²) in [5.74, 6) is -0.455. The average molecular weight is 302 g/mol. The molecule has 0 radical (unpaired) electrons. The quantitative estimate of drug-likeness (QED) is 0.548. The summed E-state index contributed by atoms with van der Waals surface area (Å²) in [4.78, 5) is 10.1. The Morgan fingerprint density at radius 3 is 2.77 bits per heavy atom. The first-order chi connectivity index (χ1) is 10.5. The Labute approximate surface area is 124 Å². The fourth-order valence-corrected chi connectivity index (χ4v) is 2.15. The number of halogens is 1. The van der Waals surface area contributed by atoms with Crippen LogP contribution >= 0.6 is 0 Å². The van der Waals surface area contributed by atoms with Crippen molar-refractivity contribution < 1.29 is 14.1 Å². The minimum absolute atomic E-state index is 0.0474. The minimum atomic E-state index is -0.786. The zero-order chi connectivity index (χ0) is 15.9. The van der Waals surface area contributed by atoms with Crippen molar-refractivity contribution in [1.82, 2.24) is 15.0 Å². The second-order valence-electron chi connectivity index (χ2n) is 4.80. The molecule has 0 aliphatic heterocycles. The van der Waals surface area contributed by atoms with Gasteiger partial charge >= 0.3 is 0 Å². The van der Waals surface area contributed by atoms with Crippen LogP contribution in [0.5, 0.6) is 11.5 Å². The standard InChI is InChI=1S/C14H11FN4O3/c1-8-5-9(19(20)21)6-11(15)14(8)22-10-3-4-13-12(7-10)16-17-18(13)2/h3-7H,1-2H3. The predicted octanol–water partition coefficient (Wildman–Crippen LogP) is 3.12. The maximum atomic E-state index is 14.0. The van der Waals surface area contributed by atoms with Crippen LogP contribution < -0.4 is 4.74 Å². The second kappa shape index (κ2) is 5.06. The van der Waals surface area contributed by atoms with Gasteiger partial charge in [0.1, 0.15) is 11.3 Å². The third-order valence-corrected chi connectivity index (χ3v) is 3.23. The van der Waals surface area contributed by atoms with E-state index in [-0.39, 0.29) is 11.4 Å². The summed E-state index contributed by atoms with van der Waals surface area (Å²) in [6.45, 7) is 1.55. The van der Waals surface area contributed by atoms with Crippen LogP contribution in [0.15, 0.2) is 30.3 Å². The van der Waals surface area contributed by atoms with Gasteiger partial charge in [0.15, 0.2) is 11.6 Å². The van der Waals surface area contributed by atoms with Crippen LogP contribution in [0, 0.1) is 22.9 Å². The van der Waals surface area contributed by atoms with Crippen LogP contribution in [-0.2, 0) is 7.05 Å². The van der Waals surface area contributed by atoms with Gasteiger partial charge in [0.2, 0.25) is 0 Å². The Morgan fingerprint density at radius 2 is 2.09 bits per heavy atom. The highest BCUT2D eigenvalue weighted by Crippen LogP contribution is 2.32. The van der Waals surface area contributed by atoms with Gasteiger partial charge in [-0.25, -0.2) is 9.07 Å². The molecule has 0 aliphatic rings. The van der Waals surface area contributed by atoms with Gasteiger partial charge in [-0.3, -0.25) is 10.1 Å². The maximum absolute atomic E-state index is 14.0. The lowest BCUT2D eigenvalue weighted by atomic mass is 10.2. The van der Waals surface area contributed by atoms with Crippen LogP contribution in [0.4, 0.5) is 10.1 Å². The van der Waals surface area contributed by atoms with E-state index in [1.54, 1.807) is 36.9 Å². The van der Waals surface area contributed by atoms with E-state index in [1.807, 2.05) is 0 Å². The molecule has 112 valence electrons. The lowest BCUT2D eigenvalue weighted by Crippen LogP contribution is -1.96. The molecular formula is C14H11FN4O3. The summed E-state index contributed by atoms with van der Waals surface area (Å²) in [5.41, 5.74) is 1.45. The summed E-state index contributed by atoms with van der Waals surface area (Å²) in [5, 5.41) is 18.5. The average Bonchev–Trinajstić information content (AvgIpc) is 2.83. The lowest BCUT2D eigenvalue weighted by molar-refractivity contribution is -0.385. The van der Waals surface area contributed by atoms with Gasteiger partial charge in [-0.15, -0.1) is 5.10 Å². The molecular weight excluding hydrogens is 291 g/mol. The fourth-order valence-electron chi connectivity index (χ4n) is 2.15. The molecule has 0 atom stereocenters. The van der Waals surface area contributed by atoms with Gasteiger partial charge < -0.3 is 4.74 Å². The SMILES string of the molecule is Cc1cc([N+](=O)[O-])cc(F)c1Oc1ccc2c(c1)nnn2C. The molecule has 3 aromatic rings. The Balaban J connectivity index is 1.99. The number of nitro benzene ring substituents is 1. The lowest BCUT2D eigenvalue weighted by Gasteiger charge is -2.09. The van der Waals surface area contributed by atoms with Gasteiger partial charge in [0.25, 0.3) is 5.69 Å². The van der Waals surface area contributed by atoms with Gasteiger partial charge in [-0.1, -0.05) is 5.21 Å². The minimum Gasteiger partial charge on any atom is -0.454 e. The largest absolute Gasteiger partial charge is 0.454 e. The van der Waals surface area contributed by atoms with E-state index in [0.29, 0.717) is 16.8 Å². The summed E-state index contributed by atoms with van der Waals surface area (Å²) < 4.78 is 21.1. The monoisotopic (exact) mass is 302 g/mol. The van der Waals surface area contributed by atoms with Crippen molar-refractivity contribution in [3.05, 3.63) is 51.8 Å². The van der Waals surface area contributed by atoms with E-state index >= 15 is 0 Å². The number of fused-ring (bicyclic) bond motifs is 1. The Morgan fingerprint density at radius 1 is 1.32 bits per heavy atom. The Kier molecular flexibility index (Phi) is 3.21. The number of nitro groups is 1. The third-order valence-electron chi connectivity index (χ3n) is 3.23. The molecule has 0 bridgehead atoms. The number of hydrogen-bond donors (Lipinski definition) is 0. The van der Waals surface area contributed by atoms with Crippen molar-refractivity contribution in [2.24, 2.45) is 7.05 Å². The van der Waals surface area contributed by atoms with Gasteiger partial charge in [0.05, 0.1) is 16.5 Å². The van der Waals surface area contributed by atoms with Gasteiger partial charge in [-0.2, -0.15) is 0 Å². The van der Waals surface area contributed by atoms with Crippen molar-refractivity contribution in [2.75, 3.05) is 0 Å². The molecule has 2 aromatic carbocycles. The molecule has 3 rings (SSSR count). The molecule has 7 nitrogen and oxygen atoms in total. The first-order valence-corrected chi connectivity index (χ1v) is 6.37. The number of benzene rings is 2. The molecule has 0 unspecified atom stereocenters. The molecule has 0 saturated heterocycles. The van der Waals surface area contributed by atoms with Crippen LogP contribution in [-0.4, -0.2) is 19.9 Å². The van der Waals surface area contributed by atoms with Gasteiger partial charge in [-0.05, 0) is 19.1 Å². The van der Waals surface area contributed by atoms with Crippen molar-refractivity contribution in [2.45, 2.75) is 6.92 Å². The Hall–Kier alpha value is -3.03. The number of aryl methyl sites for hydroxylation is 2. The number of nitrogens with zero attached hydrogens (tertiary/aromatic N) is 4. The van der Waals surface area contributed by atoms with Crippen molar-refractivity contribution in [3.8, 4) is 11.5 Å². The van der Waals surface area contributed by atoms with Crippen molar-refractivity contribution in [3.63, 3.8) is 0 Å². The maximum Gasteiger partial charge on any atom is 0.272 e. The number of hydrogen-bond acceptors (Lipinski definition) is 5. The highest BCUT2D eigenvalue weighted by atomic mass is 19.1. The molecule has 0 spiro atoms. The second-order valence-corrected chi connectivity index (χ2v) is 4.80. The van der Waals surface area contributed by atoms with Crippen LogP contribution in [0.1, 0.15) is 5.56 Å². The first-order valence-electron chi connectivity index (χ1n) is 6.37. The van der Waals surface area contributed by atoms with E-state index in [1.165, 1.54) is 6.07 Å². The number of non-ortho nitro benzene ring substituents is 1. The molecule has 8 heteroatoms. The van der Waals surface area contributed by atoms with E-state index < -0.39 is 10.7 Å². The normalized spacial score (nSPS) is 10.9. The number of aromatic nitrogens is 3. The fraction of sp³-hybridized carbons (Fsp3) is 0.143. The molecule has 0 aliphatic carbocycles. The Bertz CT molecular complexity index is 868. The summed E-state index contributed by atoms with van der Waals surface area (Å²) in [6, 6.07) is 7.14. The van der Waals surface area contributed by atoms with Crippen LogP contribution in [0.25, 0.3) is 11.0 Å². The summed E-state index contributed by atoms with van der Waals surface area (Å²) >= 11 is 0. The number of rotatable bonds is 3. The zero-order valence-electron chi connectivity index (χ0n) is 11.8. The van der Waals surface area contributed by atoms with E-state index in [4.69, 9.17) is 4.74 Å². The molecule has 0 amide bonds. The predicted molar refractivity (Wildman–Crippen MR) is 76.4 cm³/mol. The topological polar surface area (TPSA) is 83.1 Å². The smallest absolute Gasteiger partial charge is 0.272 e.